The third-order valence-electron chi connectivity index (χ3n) is 3.33. The number of hydrogen-bond donors (Lipinski definition) is 3. The van der Waals surface area contributed by atoms with Crippen LogP contribution < -0.4 is 5.32 Å². The minimum Gasteiger partial charge on any atom is -0.480 e. The lowest BCUT2D eigenvalue weighted by molar-refractivity contribution is -0.141. The van der Waals surface area contributed by atoms with E-state index in [0.717, 1.165) is 25.8 Å². The van der Waals surface area contributed by atoms with E-state index >= 15 is 0 Å². The van der Waals surface area contributed by atoms with Crippen molar-refractivity contribution in [3.8, 4) is 0 Å². The normalized spacial score (nSPS) is 12.4. The third kappa shape index (κ3) is 12.7. The summed E-state index contributed by atoms with van der Waals surface area (Å²) in [7, 11) is 4.18. The Morgan fingerprint density at radius 2 is 1.57 bits per heavy atom. The zero-order valence-corrected chi connectivity index (χ0v) is 14.2. The third-order valence-corrected chi connectivity index (χ3v) is 3.69. The van der Waals surface area contributed by atoms with Gasteiger partial charge in [-0.25, -0.2) is 4.79 Å². The van der Waals surface area contributed by atoms with E-state index in [2.05, 4.69) is 36.9 Å². The van der Waals surface area contributed by atoms with Gasteiger partial charge in [0.15, 0.2) is 0 Å². The van der Waals surface area contributed by atoms with E-state index in [1.54, 1.807) is 0 Å². The number of hydrogen-bond acceptors (Lipinski definition) is 4. The molecule has 6 heteroatoms. The topological polar surface area (TPSA) is 69.6 Å². The van der Waals surface area contributed by atoms with Gasteiger partial charge < -0.3 is 15.3 Å². The molecular weight excluding hydrogens is 288 g/mol. The van der Waals surface area contributed by atoms with Crippen molar-refractivity contribution in [2.75, 3.05) is 26.4 Å². The summed E-state index contributed by atoms with van der Waals surface area (Å²) in [6, 6.07) is -0.877. The molecule has 0 aromatic carbocycles. The Labute approximate surface area is 133 Å². The van der Waals surface area contributed by atoms with E-state index in [0.29, 0.717) is 6.42 Å². The molecule has 0 radical (unpaired) electrons. The SMILES string of the molecule is CN(C)CCCCCCCCCC(=O)NC(CS)C(=O)O. The fourth-order valence-corrected chi connectivity index (χ4v) is 2.30. The second kappa shape index (κ2) is 13.0. The van der Waals surface area contributed by atoms with E-state index in [1.807, 2.05) is 0 Å². The number of rotatable bonds is 13. The number of unbranched alkanes of at least 4 members (excludes halogenated alkanes) is 6. The van der Waals surface area contributed by atoms with Crippen LogP contribution in [-0.2, 0) is 9.59 Å². The molecule has 1 atom stereocenters. The van der Waals surface area contributed by atoms with Gasteiger partial charge in [-0.15, -0.1) is 0 Å². The van der Waals surface area contributed by atoms with Crippen molar-refractivity contribution >= 4 is 24.5 Å². The zero-order valence-electron chi connectivity index (χ0n) is 13.3. The van der Waals surface area contributed by atoms with Gasteiger partial charge in [0.2, 0.25) is 5.91 Å². The Morgan fingerprint density at radius 3 is 2.05 bits per heavy atom. The highest BCUT2D eigenvalue weighted by atomic mass is 32.1. The van der Waals surface area contributed by atoms with Crippen molar-refractivity contribution in [1.29, 1.82) is 0 Å². The first-order valence-corrected chi connectivity index (χ1v) is 8.38. The maximum Gasteiger partial charge on any atom is 0.327 e. The van der Waals surface area contributed by atoms with Crippen LogP contribution in [0, 0.1) is 0 Å². The van der Waals surface area contributed by atoms with Gasteiger partial charge in [-0.05, 0) is 33.5 Å². The lowest BCUT2D eigenvalue weighted by Crippen LogP contribution is -2.42. The highest BCUT2D eigenvalue weighted by Crippen LogP contribution is 2.09. The predicted molar refractivity (Wildman–Crippen MR) is 88.9 cm³/mol. The summed E-state index contributed by atoms with van der Waals surface area (Å²) in [5.74, 6) is -1.10. The number of nitrogens with one attached hydrogen (secondary N) is 1. The lowest BCUT2D eigenvalue weighted by atomic mass is 10.1. The van der Waals surface area contributed by atoms with Crippen molar-refractivity contribution in [3.63, 3.8) is 0 Å². The number of nitrogens with zero attached hydrogens (tertiary/aromatic N) is 1. The monoisotopic (exact) mass is 318 g/mol. The minimum absolute atomic E-state index is 0.119. The van der Waals surface area contributed by atoms with Gasteiger partial charge in [0.05, 0.1) is 0 Å². The Balaban J connectivity index is 3.42. The van der Waals surface area contributed by atoms with Gasteiger partial charge in [0.25, 0.3) is 0 Å². The average Bonchev–Trinajstić information content (AvgIpc) is 2.42. The fraction of sp³-hybridized carbons (Fsp3) is 0.867. The highest BCUT2D eigenvalue weighted by Gasteiger charge is 2.17. The number of carbonyl (C=O) groups excluding carboxylic acids is 1. The van der Waals surface area contributed by atoms with Crippen LogP contribution in [0.25, 0.3) is 0 Å². The van der Waals surface area contributed by atoms with Crippen molar-refractivity contribution in [1.82, 2.24) is 10.2 Å². The van der Waals surface area contributed by atoms with Crippen molar-refractivity contribution in [2.24, 2.45) is 0 Å². The summed E-state index contributed by atoms with van der Waals surface area (Å²) in [6.07, 6.45) is 8.37. The van der Waals surface area contributed by atoms with Crippen LogP contribution in [0.3, 0.4) is 0 Å². The van der Waals surface area contributed by atoms with Gasteiger partial charge in [0, 0.05) is 12.2 Å². The van der Waals surface area contributed by atoms with Gasteiger partial charge >= 0.3 is 5.97 Å². The van der Waals surface area contributed by atoms with Crippen LogP contribution >= 0.6 is 12.6 Å². The maximum absolute atomic E-state index is 11.5. The van der Waals surface area contributed by atoms with Crippen LogP contribution in [0.5, 0.6) is 0 Å². The number of carboxylic acids is 1. The molecular formula is C15H30N2O3S. The standard InChI is InChI=1S/C15H30N2O3S/c1-17(2)11-9-7-5-3-4-6-8-10-14(18)16-13(12-21)15(19)20/h13,21H,3-12H2,1-2H3,(H,16,18)(H,19,20). The van der Waals surface area contributed by atoms with Gasteiger partial charge in [-0.2, -0.15) is 12.6 Å². The molecule has 0 saturated heterocycles. The first-order chi connectivity index (χ1) is 9.97. The molecule has 0 aliphatic rings. The zero-order chi connectivity index (χ0) is 16.1. The number of thiol groups is 1. The van der Waals surface area contributed by atoms with Gasteiger partial charge in [-0.1, -0.05) is 32.1 Å². The first kappa shape index (κ1) is 20.2. The minimum atomic E-state index is -1.03. The van der Waals surface area contributed by atoms with E-state index in [1.165, 1.54) is 25.7 Å². The number of amides is 1. The van der Waals surface area contributed by atoms with Crippen LogP contribution in [-0.4, -0.2) is 54.3 Å². The number of carboxylic acid groups (broad SMARTS) is 1. The molecule has 0 bridgehead atoms. The average molecular weight is 318 g/mol. The van der Waals surface area contributed by atoms with E-state index in [4.69, 9.17) is 5.11 Å². The summed E-state index contributed by atoms with van der Waals surface area (Å²) in [5.41, 5.74) is 0. The molecule has 1 unspecified atom stereocenters. The molecule has 0 spiro atoms. The first-order valence-electron chi connectivity index (χ1n) is 7.75. The second-order valence-corrected chi connectivity index (χ2v) is 6.03. The molecule has 1 amide bonds. The molecule has 0 saturated carbocycles. The number of aliphatic carboxylic acids is 1. The lowest BCUT2D eigenvalue weighted by Gasteiger charge is -2.11. The molecule has 0 aliphatic heterocycles. The number of carbonyl (C=O) groups is 2. The second-order valence-electron chi connectivity index (χ2n) is 5.67. The molecule has 21 heavy (non-hydrogen) atoms. The highest BCUT2D eigenvalue weighted by molar-refractivity contribution is 7.80. The molecule has 0 aliphatic carbocycles. The quantitative estimate of drug-likeness (QED) is 0.359. The van der Waals surface area contributed by atoms with Crippen molar-refractivity contribution < 1.29 is 14.7 Å². The molecule has 5 nitrogen and oxygen atoms in total. The van der Waals surface area contributed by atoms with Crippen LogP contribution in [0.2, 0.25) is 0 Å². The van der Waals surface area contributed by atoms with E-state index in [-0.39, 0.29) is 11.7 Å². The molecule has 124 valence electrons. The summed E-state index contributed by atoms with van der Waals surface area (Å²) >= 11 is 3.91. The molecule has 0 heterocycles. The molecule has 0 rings (SSSR count). The molecule has 0 aromatic heterocycles. The van der Waals surface area contributed by atoms with Gasteiger partial charge in [0.1, 0.15) is 6.04 Å². The fourth-order valence-electron chi connectivity index (χ4n) is 2.05. The predicted octanol–water partition coefficient (Wildman–Crippen LogP) is 2.17. The van der Waals surface area contributed by atoms with Crippen LogP contribution in [0.4, 0.5) is 0 Å². The molecule has 2 N–H and O–H groups in total. The smallest absolute Gasteiger partial charge is 0.327 e. The summed E-state index contributed by atoms with van der Waals surface area (Å²) in [4.78, 5) is 24.5. The maximum atomic E-state index is 11.5. The molecule has 0 aromatic rings. The summed E-state index contributed by atoms with van der Waals surface area (Å²) in [6.45, 7) is 1.15. The largest absolute Gasteiger partial charge is 0.480 e. The van der Waals surface area contributed by atoms with Crippen LogP contribution in [0.15, 0.2) is 0 Å². The van der Waals surface area contributed by atoms with Crippen molar-refractivity contribution in [2.45, 2.75) is 57.4 Å². The Hall–Kier alpha value is -0.750. The Bertz CT molecular complexity index is 299. The van der Waals surface area contributed by atoms with Gasteiger partial charge in [-0.3, -0.25) is 4.79 Å². The van der Waals surface area contributed by atoms with Crippen LogP contribution in [0.1, 0.15) is 51.4 Å². The van der Waals surface area contributed by atoms with E-state index < -0.39 is 12.0 Å². The van der Waals surface area contributed by atoms with Crippen molar-refractivity contribution in [3.05, 3.63) is 0 Å². The van der Waals surface area contributed by atoms with E-state index in [9.17, 15) is 9.59 Å². The molecule has 0 fully saturated rings. The Morgan fingerprint density at radius 1 is 1.05 bits per heavy atom. The summed E-state index contributed by atoms with van der Waals surface area (Å²) in [5, 5.41) is 11.3. The Kier molecular flexibility index (Phi) is 12.5. The summed E-state index contributed by atoms with van der Waals surface area (Å²) < 4.78 is 0.